The van der Waals surface area contributed by atoms with Crippen molar-refractivity contribution < 1.29 is 19.5 Å². The number of amides is 3. The number of hydrogen-bond acceptors (Lipinski definition) is 4. The molecule has 0 saturated heterocycles. The highest BCUT2D eigenvalue weighted by atomic mass is 16.3. The molecule has 1 rings (SSSR count). The molecule has 7 heteroatoms. The maximum atomic E-state index is 13.3. The van der Waals surface area contributed by atoms with Crippen molar-refractivity contribution in [3.63, 3.8) is 0 Å². The molecule has 7 nitrogen and oxygen atoms in total. The van der Waals surface area contributed by atoms with Crippen LogP contribution in [0.5, 0.6) is 0 Å². The number of nitrogens with one attached hydrogen (secondary N) is 2. The van der Waals surface area contributed by atoms with Crippen LogP contribution in [0.4, 0.5) is 0 Å². The van der Waals surface area contributed by atoms with E-state index < -0.39 is 12.1 Å². The van der Waals surface area contributed by atoms with Gasteiger partial charge in [0.15, 0.2) is 0 Å². The Balaban J connectivity index is 3.07. The number of aliphatic hydroxyl groups is 1. The number of hydrogen-bond donors (Lipinski definition) is 3. The first-order valence-corrected chi connectivity index (χ1v) is 13.8. The zero-order valence-electron chi connectivity index (χ0n) is 22.9. The molecule has 0 spiro atoms. The molecule has 0 aromatic heterocycles. The molecule has 1 aliphatic heterocycles. The molecule has 0 radical (unpaired) electrons. The van der Waals surface area contributed by atoms with Crippen LogP contribution < -0.4 is 10.6 Å². The van der Waals surface area contributed by atoms with Crippen LogP contribution in [0.3, 0.4) is 0 Å². The van der Waals surface area contributed by atoms with Crippen molar-refractivity contribution in [3.8, 4) is 0 Å². The predicted octanol–water partition coefficient (Wildman–Crippen LogP) is 4.20. The molecule has 202 valence electrons. The van der Waals surface area contributed by atoms with E-state index in [2.05, 4.69) is 23.6 Å². The van der Waals surface area contributed by atoms with Crippen molar-refractivity contribution in [1.29, 1.82) is 0 Å². The summed E-state index contributed by atoms with van der Waals surface area (Å²) in [5, 5.41) is 15.9. The number of rotatable bonds is 10. The Morgan fingerprint density at radius 2 is 1.80 bits per heavy atom. The second kappa shape index (κ2) is 17.5. The minimum Gasteiger partial charge on any atom is -0.394 e. The van der Waals surface area contributed by atoms with Crippen LogP contribution in [0.15, 0.2) is 12.2 Å². The van der Waals surface area contributed by atoms with E-state index in [0.717, 1.165) is 38.5 Å². The van der Waals surface area contributed by atoms with Crippen molar-refractivity contribution in [3.05, 3.63) is 12.2 Å². The van der Waals surface area contributed by atoms with Crippen molar-refractivity contribution in [2.75, 3.05) is 20.7 Å². The number of carbonyl (C=O) groups excluding carboxylic acids is 3. The Hall–Kier alpha value is -1.89. The summed E-state index contributed by atoms with van der Waals surface area (Å²) in [5.74, 6) is -0.537. The van der Waals surface area contributed by atoms with Crippen molar-refractivity contribution in [2.45, 2.75) is 110 Å². The number of nitrogens with zero attached hydrogens (tertiary/aromatic N) is 1. The Labute approximate surface area is 213 Å². The number of aliphatic hydroxyl groups excluding tert-OH is 1. The summed E-state index contributed by atoms with van der Waals surface area (Å²) in [5.41, 5.74) is 0. The fraction of sp³-hybridized carbons (Fsp3) is 0.821. The maximum absolute atomic E-state index is 13.3. The lowest BCUT2D eigenvalue weighted by Crippen LogP contribution is -2.52. The summed E-state index contributed by atoms with van der Waals surface area (Å²) in [6, 6.07) is -1.19. The SMILES string of the molecule is CCCCCCCC1CCC/C=C/CC(C(=O)N(C)C)C[C@@H](CO)NC(=O)[C@H](CC(C)C)NC1=O. The molecular formula is C28H51N3O4. The predicted molar refractivity (Wildman–Crippen MR) is 142 cm³/mol. The van der Waals surface area contributed by atoms with Gasteiger partial charge in [0.25, 0.3) is 0 Å². The summed E-state index contributed by atoms with van der Waals surface area (Å²) in [7, 11) is 3.45. The average molecular weight is 494 g/mol. The molecule has 0 bridgehead atoms. The standard InChI is InChI=1S/C28H51N3O4/c1-6-7-8-9-12-15-22-16-13-10-11-14-17-23(28(35)31(4)5)19-24(20-32)29-27(34)25(18-21(2)3)30-26(22)33/h11,14,21-25,32H,6-10,12-13,15-20H2,1-5H3,(H,29,34)(H,30,33)/b14-11+/t22?,23?,24-,25-/m0/s1. The van der Waals surface area contributed by atoms with Gasteiger partial charge in [0.05, 0.1) is 12.6 Å². The summed E-state index contributed by atoms with van der Waals surface area (Å²) < 4.78 is 0. The Bertz CT molecular complexity index is 663. The highest BCUT2D eigenvalue weighted by Gasteiger charge is 2.29. The quantitative estimate of drug-likeness (QED) is 0.314. The minimum atomic E-state index is -0.648. The van der Waals surface area contributed by atoms with Crippen molar-refractivity contribution in [1.82, 2.24) is 15.5 Å². The zero-order chi connectivity index (χ0) is 26.2. The van der Waals surface area contributed by atoms with E-state index in [4.69, 9.17) is 0 Å². The van der Waals surface area contributed by atoms with E-state index in [-0.39, 0.29) is 42.1 Å². The highest BCUT2D eigenvalue weighted by Crippen LogP contribution is 2.21. The van der Waals surface area contributed by atoms with Gasteiger partial charge in [-0.3, -0.25) is 14.4 Å². The Morgan fingerprint density at radius 3 is 2.43 bits per heavy atom. The monoisotopic (exact) mass is 493 g/mol. The van der Waals surface area contributed by atoms with Gasteiger partial charge in [-0.25, -0.2) is 0 Å². The molecule has 4 atom stereocenters. The van der Waals surface area contributed by atoms with Gasteiger partial charge in [-0.05, 0) is 50.9 Å². The lowest BCUT2D eigenvalue weighted by molar-refractivity contribution is -0.134. The Morgan fingerprint density at radius 1 is 1.09 bits per heavy atom. The molecule has 0 aliphatic carbocycles. The molecule has 1 aliphatic rings. The van der Waals surface area contributed by atoms with Gasteiger partial charge in [-0.2, -0.15) is 0 Å². The van der Waals surface area contributed by atoms with E-state index >= 15 is 0 Å². The second-order valence-electron chi connectivity index (χ2n) is 10.8. The van der Waals surface area contributed by atoms with E-state index in [1.807, 2.05) is 19.9 Å². The molecule has 1 heterocycles. The summed E-state index contributed by atoms with van der Waals surface area (Å²) in [6.07, 6.45) is 14.7. The lowest BCUT2D eigenvalue weighted by atomic mass is 9.93. The average Bonchev–Trinajstić information content (AvgIpc) is 2.81. The van der Waals surface area contributed by atoms with Gasteiger partial charge < -0.3 is 20.6 Å². The van der Waals surface area contributed by atoms with Gasteiger partial charge in [-0.15, -0.1) is 0 Å². The second-order valence-corrected chi connectivity index (χ2v) is 10.8. The van der Waals surface area contributed by atoms with Crippen LogP contribution in [0.2, 0.25) is 0 Å². The van der Waals surface area contributed by atoms with Crippen LogP contribution in [-0.4, -0.2) is 60.5 Å². The third-order valence-corrected chi connectivity index (χ3v) is 6.80. The molecule has 0 fully saturated rings. The van der Waals surface area contributed by atoms with Crippen molar-refractivity contribution >= 4 is 17.7 Å². The molecule has 0 aromatic carbocycles. The molecule has 3 N–H and O–H groups in total. The van der Waals surface area contributed by atoms with Crippen LogP contribution in [-0.2, 0) is 14.4 Å². The fourth-order valence-corrected chi connectivity index (χ4v) is 4.74. The summed E-state index contributed by atoms with van der Waals surface area (Å²) in [4.78, 5) is 40.8. The molecule has 35 heavy (non-hydrogen) atoms. The minimum absolute atomic E-state index is 0.0122. The highest BCUT2D eigenvalue weighted by molar-refractivity contribution is 5.88. The first kappa shape index (κ1) is 31.1. The van der Waals surface area contributed by atoms with E-state index in [0.29, 0.717) is 19.3 Å². The van der Waals surface area contributed by atoms with E-state index in [1.54, 1.807) is 19.0 Å². The van der Waals surface area contributed by atoms with Crippen LogP contribution in [0.1, 0.15) is 97.8 Å². The topological polar surface area (TPSA) is 98.7 Å². The number of unbranched alkanes of at least 4 members (excludes halogenated alkanes) is 4. The van der Waals surface area contributed by atoms with Gasteiger partial charge in [0, 0.05) is 25.9 Å². The van der Waals surface area contributed by atoms with Crippen LogP contribution in [0, 0.1) is 17.8 Å². The van der Waals surface area contributed by atoms with Gasteiger partial charge >= 0.3 is 0 Å². The first-order valence-electron chi connectivity index (χ1n) is 13.8. The van der Waals surface area contributed by atoms with Gasteiger partial charge in [0.2, 0.25) is 17.7 Å². The maximum Gasteiger partial charge on any atom is 0.242 e. The normalized spacial score (nSPS) is 25.8. The first-order chi connectivity index (χ1) is 16.7. The molecule has 0 aromatic rings. The number of allylic oxidation sites excluding steroid dienone is 2. The van der Waals surface area contributed by atoms with E-state index in [1.165, 1.54) is 19.3 Å². The Kier molecular flexibility index (Phi) is 15.6. The smallest absolute Gasteiger partial charge is 0.242 e. The number of carbonyl (C=O) groups is 3. The van der Waals surface area contributed by atoms with Crippen molar-refractivity contribution in [2.24, 2.45) is 17.8 Å². The molecular weight excluding hydrogens is 442 g/mol. The van der Waals surface area contributed by atoms with E-state index in [9.17, 15) is 19.5 Å². The lowest BCUT2D eigenvalue weighted by Gasteiger charge is -2.27. The molecule has 0 saturated carbocycles. The van der Waals surface area contributed by atoms with Gasteiger partial charge in [0.1, 0.15) is 6.04 Å². The molecule has 3 amide bonds. The fourth-order valence-electron chi connectivity index (χ4n) is 4.74. The molecule has 2 unspecified atom stereocenters. The third-order valence-electron chi connectivity index (χ3n) is 6.80. The van der Waals surface area contributed by atoms with Gasteiger partial charge in [-0.1, -0.05) is 65.0 Å². The largest absolute Gasteiger partial charge is 0.394 e. The summed E-state index contributed by atoms with van der Waals surface area (Å²) in [6.45, 7) is 6.00. The zero-order valence-corrected chi connectivity index (χ0v) is 22.9. The third kappa shape index (κ3) is 12.6. The van der Waals surface area contributed by atoms with Crippen LogP contribution in [0.25, 0.3) is 0 Å². The summed E-state index contributed by atoms with van der Waals surface area (Å²) >= 11 is 0. The van der Waals surface area contributed by atoms with Crippen LogP contribution >= 0.6 is 0 Å².